The lowest BCUT2D eigenvalue weighted by Crippen LogP contribution is -2.35. The molecule has 2 amide bonds. The van der Waals surface area contributed by atoms with Crippen molar-refractivity contribution in [2.45, 2.75) is 0 Å². The Kier molecular flexibility index (Phi) is 4.33. The molecule has 0 heterocycles. The molecule has 0 fully saturated rings. The van der Waals surface area contributed by atoms with E-state index in [-0.39, 0.29) is 23.8 Å². The SMILES string of the molecule is CNC(=O)CNC(=O)c1ccc(OC)cc1O. The first kappa shape index (κ1) is 12.8. The normalized spacial score (nSPS) is 9.53. The van der Waals surface area contributed by atoms with Crippen molar-refractivity contribution < 1.29 is 19.4 Å². The van der Waals surface area contributed by atoms with Gasteiger partial charge in [-0.15, -0.1) is 0 Å². The molecule has 17 heavy (non-hydrogen) atoms. The van der Waals surface area contributed by atoms with Crippen LogP contribution in [0.15, 0.2) is 18.2 Å². The van der Waals surface area contributed by atoms with E-state index < -0.39 is 5.91 Å². The summed E-state index contributed by atoms with van der Waals surface area (Å²) in [4.78, 5) is 22.5. The van der Waals surface area contributed by atoms with Gasteiger partial charge in [-0.05, 0) is 12.1 Å². The number of likely N-dealkylation sites (N-methyl/N-ethyl adjacent to an activating group) is 1. The third kappa shape index (κ3) is 3.37. The van der Waals surface area contributed by atoms with Crippen LogP contribution in [0.2, 0.25) is 0 Å². The molecule has 0 aliphatic heterocycles. The fourth-order valence-corrected chi connectivity index (χ4v) is 1.17. The fraction of sp³-hybridized carbons (Fsp3) is 0.273. The molecular formula is C11H14N2O4. The Morgan fingerprint density at radius 3 is 2.65 bits per heavy atom. The molecule has 0 saturated carbocycles. The molecule has 0 aliphatic carbocycles. The fourth-order valence-electron chi connectivity index (χ4n) is 1.17. The van der Waals surface area contributed by atoms with E-state index in [9.17, 15) is 14.7 Å². The average molecular weight is 238 g/mol. The molecule has 1 aromatic rings. The molecule has 0 bridgehead atoms. The Hall–Kier alpha value is -2.24. The number of carbonyl (C=O) groups is 2. The van der Waals surface area contributed by atoms with E-state index in [0.717, 1.165) is 0 Å². The average Bonchev–Trinajstić information content (AvgIpc) is 2.35. The maximum Gasteiger partial charge on any atom is 0.255 e. The number of ether oxygens (including phenoxy) is 1. The third-order valence-corrected chi connectivity index (χ3v) is 2.14. The van der Waals surface area contributed by atoms with Crippen LogP contribution in [-0.4, -0.2) is 37.6 Å². The highest BCUT2D eigenvalue weighted by Gasteiger charge is 2.12. The summed E-state index contributed by atoms with van der Waals surface area (Å²) in [5, 5.41) is 14.3. The number of phenolic OH excluding ortho intramolecular Hbond substituents is 1. The maximum atomic E-state index is 11.6. The predicted molar refractivity (Wildman–Crippen MR) is 61.1 cm³/mol. The second-order valence-electron chi connectivity index (χ2n) is 3.24. The van der Waals surface area contributed by atoms with E-state index in [1.165, 1.54) is 26.3 Å². The first-order valence-corrected chi connectivity index (χ1v) is 4.94. The van der Waals surface area contributed by atoms with Gasteiger partial charge in [0.25, 0.3) is 5.91 Å². The molecule has 0 atom stereocenters. The van der Waals surface area contributed by atoms with Gasteiger partial charge in [-0.1, -0.05) is 0 Å². The van der Waals surface area contributed by atoms with Crippen molar-refractivity contribution in [2.75, 3.05) is 20.7 Å². The van der Waals surface area contributed by atoms with Gasteiger partial charge in [-0.25, -0.2) is 0 Å². The number of hydrogen-bond donors (Lipinski definition) is 3. The lowest BCUT2D eigenvalue weighted by molar-refractivity contribution is -0.119. The Bertz CT molecular complexity index is 431. The molecule has 0 radical (unpaired) electrons. The number of nitrogens with one attached hydrogen (secondary N) is 2. The quantitative estimate of drug-likeness (QED) is 0.682. The topological polar surface area (TPSA) is 87.7 Å². The Morgan fingerprint density at radius 1 is 1.41 bits per heavy atom. The molecule has 0 saturated heterocycles. The van der Waals surface area contributed by atoms with Gasteiger partial charge in [0.15, 0.2) is 0 Å². The van der Waals surface area contributed by atoms with Crippen molar-refractivity contribution in [3.63, 3.8) is 0 Å². The molecule has 92 valence electrons. The number of amides is 2. The molecule has 3 N–H and O–H groups in total. The standard InChI is InChI=1S/C11H14N2O4/c1-12-10(15)6-13-11(16)8-4-3-7(17-2)5-9(8)14/h3-5,14H,6H2,1-2H3,(H,12,15)(H,13,16). The minimum Gasteiger partial charge on any atom is -0.507 e. The second-order valence-corrected chi connectivity index (χ2v) is 3.24. The van der Waals surface area contributed by atoms with E-state index in [0.29, 0.717) is 5.75 Å². The van der Waals surface area contributed by atoms with Crippen molar-refractivity contribution in [3.05, 3.63) is 23.8 Å². The van der Waals surface area contributed by atoms with E-state index in [1.807, 2.05) is 0 Å². The van der Waals surface area contributed by atoms with Gasteiger partial charge in [-0.3, -0.25) is 9.59 Å². The number of benzene rings is 1. The van der Waals surface area contributed by atoms with Gasteiger partial charge in [0.05, 0.1) is 19.2 Å². The highest BCUT2D eigenvalue weighted by atomic mass is 16.5. The number of methoxy groups -OCH3 is 1. The summed E-state index contributed by atoms with van der Waals surface area (Å²) in [6.45, 7) is -0.138. The van der Waals surface area contributed by atoms with Gasteiger partial charge in [0.1, 0.15) is 11.5 Å². The summed E-state index contributed by atoms with van der Waals surface area (Å²) in [7, 11) is 2.93. The van der Waals surface area contributed by atoms with Crippen molar-refractivity contribution >= 4 is 11.8 Å². The van der Waals surface area contributed by atoms with E-state index in [4.69, 9.17) is 4.74 Å². The van der Waals surface area contributed by atoms with Crippen molar-refractivity contribution in [1.82, 2.24) is 10.6 Å². The molecule has 6 heteroatoms. The van der Waals surface area contributed by atoms with Crippen LogP contribution in [0.3, 0.4) is 0 Å². The Morgan fingerprint density at radius 2 is 2.12 bits per heavy atom. The summed E-state index contributed by atoms with van der Waals surface area (Å²) in [5.41, 5.74) is 0.0923. The van der Waals surface area contributed by atoms with Crippen LogP contribution in [0, 0.1) is 0 Å². The van der Waals surface area contributed by atoms with Crippen LogP contribution >= 0.6 is 0 Å². The zero-order valence-electron chi connectivity index (χ0n) is 9.61. The van der Waals surface area contributed by atoms with Crippen LogP contribution in [0.4, 0.5) is 0 Å². The predicted octanol–water partition coefficient (Wildman–Crippen LogP) is -0.123. The Labute approximate surface area is 98.6 Å². The number of carbonyl (C=O) groups excluding carboxylic acids is 2. The summed E-state index contributed by atoms with van der Waals surface area (Å²) >= 11 is 0. The smallest absolute Gasteiger partial charge is 0.255 e. The van der Waals surface area contributed by atoms with Gasteiger partial charge in [-0.2, -0.15) is 0 Å². The van der Waals surface area contributed by atoms with Gasteiger partial charge in [0.2, 0.25) is 5.91 Å². The molecule has 6 nitrogen and oxygen atoms in total. The van der Waals surface area contributed by atoms with Crippen LogP contribution in [0.1, 0.15) is 10.4 Å². The molecule has 1 aromatic carbocycles. The minimum atomic E-state index is -0.520. The van der Waals surface area contributed by atoms with Gasteiger partial charge in [0, 0.05) is 13.1 Å². The van der Waals surface area contributed by atoms with Crippen LogP contribution < -0.4 is 15.4 Å². The van der Waals surface area contributed by atoms with Gasteiger partial charge < -0.3 is 20.5 Å². The zero-order valence-corrected chi connectivity index (χ0v) is 9.61. The number of aromatic hydroxyl groups is 1. The lowest BCUT2D eigenvalue weighted by Gasteiger charge is -2.07. The number of phenols is 1. The first-order chi connectivity index (χ1) is 8.08. The summed E-state index contributed by atoms with van der Waals surface area (Å²) in [6.07, 6.45) is 0. The molecule has 1 rings (SSSR count). The van der Waals surface area contributed by atoms with Crippen LogP contribution in [-0.2, 0) is 4.79 Å². The first-order valence-electron chi connectivity index (χ1n) is 4.94. The third-order valence-electron chi connectivity index (χ3n) is 2.14. The second kappa shape index (κ2) is 5.74. The molecule has 0 aliphatic rings. The van der Waals surface area contributed by atoms with Crippen molar-refractivity contribution in [1.29, 1.82) is 0 Å². The minimum absolute atomic E-state index is 0.0923. The van der Waals surface area contributed by atoms with Crippen LogP contribution in [0.5, 0.6) is 11.5 Å². The molecular weight excluding hydrogens is 224 g/mol. The highest BCUT2D eigenvalue weighted by molar-refractivity contribution is 5.98. The summed E-state index contributed by atoms with van der Waals surface area (Å²) < 4.78 is 4.89. The molecule has 0 spiro atoms. The highest BCUT2D eigenvalue weighted by Crippen LogP contribution is 2.22. The number of rotatable bonds is 4. The molecule has 0 aromatic heterocycles. The maximum absolute atomic E-state index is 11.6. The monoisotopic (exact) mass is 238 g/mol. The van der Waals surface area contributed by atoms with Crippen molar-refractivity contribution in [3.8, 4) is 11.5 Å². The zero-order chi connectivity index (χ0) is 12.8. The van der Waals surface area contributed by atoms with Crippen LogP contribution in [0.25, 0.3) is 0 Å². The lowest BCUT2D eigenvalue weighted by atomic mass is 10.2. The van der Waals surface area contributed by atoms with Crippen molar-refractivity contribution in [2.24, 2.45) is 0 Å². The summed E-state index contributed by atoms with van der Waals surface area (Å²) in [5.74, 6) is -0.579. The van der Waals surface area contributed by atoms with E-state index in [2.05, 4.69) is 10.6 Å². The van der Waals surface area contributed by atoms with E-state index >= 15 is 0 Å². The molecule has 0 unspecified atom stereocenters. The van der Waals surface area contributed by atoms with E-state index in [1.54, 1.807) is 6.07 Å². The largest absolute Gasteiger partial charge is 0.507 e. The number of hydrogen-bond acceptors (Lipinski definition) is 4. The van der Waals surface area contributed by atoms with Gasteiger partial charge >= 0.3 is 0 Å². The Balaban J connectivity index is 2.72. The summed E-state index contributed by atoms with van der Waals surface area (Å²) in [6, 6.07) is 4.30.